The Bertz CT molecular complexity index is 366. The lowest BCUT2D eigenvalue weighted by Gasteiger charge is -2.26. The first-order valence-electron chi connectivity index (χ1n) is 3.91. The van der Waals surface area contributed by atoms with E-state index in [1.807, 2.05) is 0 Å². The maximum absolute atomic E-state index is 11.6. The summed E-state index contributed by atoms with van der Waals surface area (Å²) < 4.78 is 10.0. The molecular weight excluding hydrogens is 243 g/mol. The van der Waals surface area contributed by atoms with Gasteiger partial charge in [-0.25, -0.2) is 0 Å². The van der Waals surface area contributed by atoms with Crippen molar-refractivity contribution in [3.63, 3.8) is 0 Å². The second kappa shape index (κ2) is 4.45. The van der Waals surface area contributed by atoms with E-state index in [1.54, 1.807) is 0 Å². The van der Waals surface area contributed by atoms with Crippen LogP contribution in [-0.2, 0) is 19.1 Å². The molecule has 0 aromatic heterocycles. The molecule has 0 fully saturated rings. The summed E-state index contributed by atoms with van der Waals surface area (Å²) in [6.45, 7) is 0. The first-order chi connectivity index (χ1) is 7.05. The topological polar surface area (TPSA) is 52.6 Å². The van der Waals surface area contributed by atoms with Crippen LogP contribution in [-0.4, -0.2) is 32.1 Å². The third-order valence-electron chi connectivity index (χ3n) is 2.09. The second-order valence-corrected chi connectivity index (χ2v) is 3.45. The molecule has 4 nitrogen and oxygen atoms in total. The van der Waals surface area contributed by atoms with Gasteiger partial charge in [0.25, 0.3) is 0 Å². The standard InChI is InChI=1S/C9H8Cl2O4/c1-14-9(15-2)5(3-4-12)7(13)6(10)8(9)11/h3-4H,1-2H3/b5-3-. The van der Waals surface area contributed by atoms with Gasteiger partial charge in [-0.1, -0.05) is 23.2 Å². The van der Waals surface area contributed by atoms with E-state index in [4.69, 9.17) is 32.7 Å². The van der Waals surface area contributed by atoms with Crippen molar-refractivity contribution in [2.24, 2.45) is 0 Å². The molecule has 0 aromatic rings. The molecule has 0 saturated heterocycles. The number of halogens is 2. The number of ether oxygens (including phenoxy) is 2. The monoisotopic (exact) mass is 250 g/mol. The van der Waals surface area contributed by atoms with Crippen molar-refractivity contribution in [2.45, 2.75) is 5.79 Å². The Hall–Kier alpha value is -0.680. The van der Waals surface area contributed by atoms with Gasteiger partial charge in [0, 0.05) is 14.2 Å². The van der Waals surface area contributed by atoms with E-state index < -0.39 is 11.6 Å². The predicted octanol–water partition coefficient (Wildman–Crippen LogP) is 1.37. The summed E-state index contributed by atoms with van der Waals surface area (Å²) in [6, 6.07) is 0. The average molecular weight is 251 g/mol. The fourth-order valence-electron chi connectivity index (χ4n) is 1.37. The number of hydrogen-bond acceptors (Lipinski definition) is 4. The summed E-state index contributed by atoms with van der Waals surface area (Å²) >= 11 is 11.5. The molecule has 1 aliphatic carbocycles. The Balaban J connectivity index is 3.39. The molecule has 0 radical (unpaired) electrons. The lowest BCUT2D eigenvalue weighted by Crippen LogP contribution is -2.35. The summed E-state index contributed by atoms with van der Waals surface area (Å²) in [5.74, 6) is -2.13. The molecule has 0 aliphatic heterocycles. The first kappa shape index (κ1) is 12.4. The smallest absolute Gasteiger partial charge is 0.238 e. The molecule has 0 amide bonds. The van der Waals surface area contributed by atoms with Crippen molar-refractivity contribution in [1.29, 1.82) is 0 Å². The molecule has 0 saturated carbocycles. The molecule has 82 valence electrons. The van der Waals surface area contributed by atoms with Crippen LogP contribution in [0.3, 0.4) is 0 Å². The molecule has 0 bridgehead atoms. The van der Waals surface area contributed by atoms with Crippen LogP contribution in [0.5, 0.6) is 0 Å². The van der Waals surface area contributed by atoms with Gasteiger partial charge in [-0.2, -0.15) is 0 Å². The highest BCUT2D eigenvalue weighted by Gasteiger charge is 2.50. The van der Waals surface area contributed by atoms with Gasteiger partial charge >= 0.3 is 0 Å². The summed E-state index contributed by atoms with van der Waals surface area (Å²) in [5.41, 5.74) is -0.0301. The zero-order chi connectivity index (χ0) is 11.6. The Labute approximate surface area is 96.4 Å². The highest BCUT2D eigenvalue weighted by Crippen LogP contribution is 2.44. The van der Waals surface area contributed by atoms with Gasteiger partial charge in [-0.05, 0) is 6.08 Å². The number of allylic oxidation sites excluding steroid dienone is 2. The van der Waals surface area contributed by atoms with Crippen molar-refractivity contribution < 1.29 is 19.1 Å². The minimum Gasteiger partial charge on any atom is -0.345 e. The first-order valence-corrected chi connectivity index (χ1v) is 4.67. The number of carbonyl (C=O) groups excluding carboxylic acids is 2. The molecule has 1 aliphatic rings. The molecule has 15 heavy (non-hydrogen) atoms. The summed E-state index contributed by atoms with van der Waals surface area (Å²) in [5, 5.41) is -0.277. The maximum atomic E-state index is 11.6. The maximum Gasteiger partial charge on any atom is 0.238 e. The van der Waals surface area contributed by atoms with E-state index in [9.17, 15) is 9.59 Å². The molecule has 0 unspecified atom stereocenters. The number of Topliss-reactive ketones (excluding diaryl/α,β-unsaturated/α-hetero) is 1. The minimum atomic E-state index is -1.56. The Kier molecular flexibility index (Phi) is 3.67. The predicted molar refractivity (Wildman–Crippen MR) is 54.6 cm³/mol. The normalized spacial score (nSPS) is 22.7. The van der Waals surface area contributed by atoms with Gasteiger partial charge in [0.15, 0.2) is 0 Å². The SMILES string of the molecule is COC1(OC)C(Cl)=C(Cl)C(=O)/C1=C/C=O. The Morgan fingerprint density at radius 1 is 1.27 bits per heavy atom. The number of rotatable bonds is 3. The quantitative estimate of drug-likeness (QED) is 0.432. The highest BCUT2D eigenvalue weighted by atomic mass is 35.5. The van der Waals surface area contributed by atoms with Crippen LogP contribution in [0.25, 0.3) is 0 Å². The highest BCUT2D eigenvalue weighted by molar-refractivity contribution is 6.53. The Morgan fingerprint density at radius 2 is 1.80 bits per heavy atom. The van der Waals surface area contributed by atoms with Gasteiger partial charge in [-0.15, -0.1) is 0 Å². The van der Waals surface area contributed by atoms with E-state index in [1.165, 1.54) is 14.2 Å². The van der Waals surface area contributed by atoms with Crippen LogP contribution < -0.4 is 0 Å². The van der Waals surface area contributed by atoms with Crippen LogP contribution in [0.4, 0.5) is 0 Å². The van der Waals surface area contributed by atoms with Gasteiger partial charge in [-0.3, -0.25) is 9.59 Å². The molecule has 0 aromatic carbocycles. The number of carbonyl (C=O) groups is 2. The number of ketones is 1. The Morgan fingerprint density at radius 3 is 2.20 bits per heavy atom. The molecule has 0 N–H and O–H groups in total. The summed E-state index contributed by atoms with van der Waals surface area (Å²) in [4.78, 5) is 22.0. The van der Waals surface area contributed by atoms with E-state index in [0.717, 1.165) is 6.08 Å². The zero-order valence-electron chi connectivity index (χ0n) is 8.04. The summed E-state index contributed by atoms with van der Waals surface area (Å²) in [7, 11) is 2.60. The molecule has 0 atom stereocenters. The average Bonchev–Trinajstić information content (AvgIpc) is 2.43. The molecule has 6 heteroatoms. The van der Waals surface area contributed by atoms with Crippen molar-refractivity contribution >= 4 is 35.3 Å². The lowest BCUT2D eigenvalue weighted by atomic mass is 10.1. The minimum absolute atomic E-state index is 0.0301. The second-order valence-electron chi connectivity index (χ2n) is 2.70. The zero-order valence-corrected chi connectivity index (χ0v) is 9.56. The van der Waals surface area contributed by atoms with Gasteiger partial charge in [0.2, 0.25) is 11.6 Å². The fourth-order valence-corrected chi connectivity index (χ4v) is 1.93. The molecule has 0 heterocycles. The summed E-state index contributed by atoms with van der Waals surface area (Å²) in [6.07, 6.45) is 1.47. The van der Waals surface area contributed by atoms with Crippen LogP contribution in [0.15, 0.2) is 21.7 Å². The number of aldehydes is 1. The van der Waals surface area contributed by atoms with Gasteiger partial charge in [0.1, 0.15) is 16.4 Å². The number of hydrogen-bond donors (Lipinski definition) is 0. The van der Waals surface area contributed by atoms with E-state index >= 15 is 0 Å². The van der Waals surface area contributed by atoms with Crippen LogP contribution in [0.2, 0.25) is 0 Å². The van der Waals surface area contributed by atoms with Crippen LogP contribution in [0.1, 0.15) is 0 Å². The van der Waals surface area contributed by atoms with Crippen molar-refractivity contribution in [1.82, 2.24) is 0 Å². The molecule has 1 rings (SSSR count). The number of methoxy groups -OCH3 is 2. The van der Waals surface area contributed by atoms with Crippen LogP contribution in [0, 0.1) is 0 Å². The van der Waals surface area contributed by atoms with Crippen molar-refractivity contribution in [2.75, 3.05) is 14.2 Å². The third-order valence-corrected chi connectivity index (χ3v) is 2.98. The van der Waals surface area contributed by atoms with Gasteiger partial charge < -0.3 is 9.47 Å². The van der Waals surface area contributed by atoms with Crippen molar-refractivity contribution in [3.05, 3.63) is 21.7 Å². The van der Waals surface area contributed by atoms with E-state index in [-0.39, 0.29) is 15.6 Å². The third kappa shape index (κ3) is 1.63. The van der Waals surface area contributed by atoms with E-state index in [2.05, 4.69) is 0 Å². The fraction of sp³-hybridized carbons (Fsp3) is 0.333. The van der Waals surface area contributed by atoms with E-state index in [0.29, 0.717) is 6.29 Å². The molecular formula is C9H8Cl2O4. The van der Waals surface area contributed by atoms with Crippen LogP contribution >= 0.6 is 23.2 Å². The van der Waals surface area contributed by atoms with Crippen molar-refractivity contribution in [3.8, 4) is 0 Å². The molecule has 0 spiro atoms. The van der Waals surface area contributed by atoms with Gasteiger partial charge in [0.05, 0.1) is 5.57 Å². The lowest BCUT2D eigenvalue weighted by molar-refractivity contribution is -0.147. The largest absolute Gasteiger partial charge is 0.345 e.